The van der Waals surface area contributed by atoms with Crippen LogP contribution in [-0.4, -0.2) is 47.3 Å². The van der Waals surface area contributed by atoms with Crippen molar-refractivity contribution in [2.24, 2.45) is 5.10 Å². The SMILES string of the molecule is Brc1ccc(-c2ccc(C=NNc3nc(N4CCCCC4)nc(N4CCCCC4)n3)o2)cc1. The summed E-state index contributed by atoms with van der Waals surface area (Å²) in [4.78, 5) is 18.6. The molecule has 0 spiro atoms. The summed E-state index contributed by atoms with van der Waals surface area (Å²) in [5.41, 5.74) is 4.01. The van der Waals surface area contributed by atoms with E-state index in [4.69, 9.17) is 9.40 Å². The Bertz CT molecular complexity index is 1050. The molecular weight excluding hydrogens is 482 g/mol. The Morgan fingerprint density at radius 2 is 1.39 bits per heavy atom. The summed E-state index contributed by atoms with van der Waals surface area (Å²) >= 11 is 3.46. The minimum absolute atomic E-state index is 0.460. The lowest BCUT2D eigenvalue weighted by molar-refractivity contribution is 0.556. The predicted octanol–water partition coefficient (Wildman–Crippen LogP) is 5.32. The molecule has 0 atom stereocenters. The molecular formula is C24H28BrN7O. The van der Waals surface area contributed by atoms with E-state index in [2.05, 4.69) is 46.2 Å². The first-order valence-corrected chi connectivity index (χ1v) is 12.4. The fourth-order valence-electron chi connectivity index (χ4n) is 4.22. The van der Waals surface area contributed by atoms with Crippen LogP contribution in [0.25, 0.3) is 11.3 Å². The number of nitrogens with one attached hydrogen (secondary N) is 1. The number of hydrazone groups is 1. The zero-order chi connectivity index (χ0) is 22.5. The quantitative estimate of drug-likeness (QED) is 0.355. The lowest BCUT2D eigenvalue weighted by Gasteiger charge is -2.30. The normalized spacial score (nSPS) is 17.0. The first-order chi connectivity index (χ1) is 16.2. The average molecular weight is 510 g/mol. The third-order valence-corrected chi connectivity index (χ3v) is 6.53. The Morgan fingerprint density at radius 3 is 2.00 bits per heavy atom. The molecule has 0 aliphatic carbocycles. The van der Waals surface area contributed by atoms with Gasteiger partial charge in [0.1, 0.15) is 11.5 Å². The Hall–Kier alpha value is -2.94. The molecule has 33 heavy (non-hydrogen) atoms. The predicted molar refractivity (Wildman–Crippen MR) is 135 cm³/mol. The zero-order valence-electron chi connectivity index (χ0n) is 18.6. The first-order valence-electron chi connectivity index (χ1n) is 11.7. The minimum atomic E-state index is 0.460. The first kappa shape index (κ1) is 21.9. The van der Waals surface area contributed by atoms with Gasteiger partial charge in [0.05, 0.1) is 6.21 Å². The fourth-order valence-corrected chi connectivity index (χ4v) is 4.48. The van der Waals surface area contributed by atoms with E-state index in [9.17, 15) is 0 Å². The van der Waals surface area contributed by atoms with E-state index in [1.54, 1.807) is 6.21 Å². The molecule has 0 saturated carbocycles. The van der Waals surface area contributed by atoms with Gasteiger partial charge in [-0.25, -0.2) is 5.43 Å². The smallest absolute Gasteiger partial charge is 0.250 e. The van der Waals surface area contributed by atoms with E-state index in [0.717, 1.165) is 53.9 Å². The molecule has 3 aromatic rings. The number of anilines is 3. The molecule has 2 aliphatic heterocycles. The number of aromatic nitrogens is 3. The van der Waals surface area contributed by atoms with Gasteiger partial charge < -0.3 is 14.2 Å². The number of benzene rings is 1. The van der Waals surface area contributed by atoms with Crippen LogP contribution in [0.5, 0.6) is 0 Å². The van der Waals surface area contributed by atoms with Gasteiger partial charge in [-0.1, -0.05) is 28.1 Å². The highest BCUT2D eigenvalue weighted by Gasteiger charge is 2.20. The number of piperidine rings is 2. The van der Waals surface area contributed by atoms with Crippen molar-refractivity contribution in [3.63, 3.8) is 0 Å². The summed E-state index contributed by atoms with van der Waals surface area (Å²) in [5.74, 6) is 3.38. The number of hydrogen-bond acceptors (Lipinski definition) is 8. The van der Waals surface area contributed by atoms with Crippen molar-refractivity contribution in [3.05, 3.63) is 46.6 Å². The molecule has 2 aromatic heterocycles. The molecule has 2 aliphatic rings. The molecule has 0 radical (unpaired) electrons. The molecule has 8 nitrogen and oxygen atoms in total. The monoisotopic (exact) mass is 509 g/mol. The van der Waals surface area contributed by atoms with Gasteiger partial charge >= 0.3 is 0 Å². The van der Waals surface area contributed by atoms with Gasteiger partial charge in [-0.15, -0.1) is 0 Å². The van der Waals surface area contributed by atoms with Gasteiger partial charge in [0.2, 0.25) is 17.8 Å². The summed E-state index contributed by atoms with van der Waals surface area (Å²) < 4.78 is 6.95. The topological polar surface area (TPSA) is 82.7 Å². The van der Waals surface area contributed by atoms with Crippen LogP contribution in [0.3, 0.4) is 0 Å². The van der Waals surface area contributed by atoms with Crippen LogP contribution in [0, 0.1) is 0 Å². The van der Waals surface area contributed by atoms with E-state index >= 15 is 0 Å². The number of hydrogen-bond donors (Lipinski definition) is 1. The van der Waals surface area contributed by atoms with Gasteiger partial charge in [-0.2, -0.15) is 20.1 Å². The number of rotatable bonds is 6. The lowest BCUT2D eigenvalue weighted by Crippen LogP contribution is -2.34. The van der Waals surface area contributed by atoms with E-state index < -0.39 is 0 Å². The average Bonchev–Trinajstić information content (AvgIpc) is 3.34. The Balaban J connectivity index is 1.32. The highest BCUT2D eigenvalue weighted by molar-refractivity contribution is 9.10. The second kappa shape index (κ2) is 10.3. The molecule has 5 rings (SSSR count). The van der Waals surface area contributed by atoms with Crippen LogP contribution in [0.4, 0.5) is 17.8 Å². The summed E-state index contributed by atoms with van der Waals surface area (Å²) in [6.45, 7) is 3.93. The molecule has 0 amide bonds. The van der Waals surface area contributed by atoms with Crippen molar-refractivity contribution in [1.82, 2.24) is 15.0 Å². The third kappa shape index (κ3) is 5.52. The number of furan rings is 1. The Labute approximate surface area is 202 Å². The highest BCUT2D eigenvalue weighted by atomic mass is 79.9. The second-order valence-electron chi connectivity index (χ2n) is 8.43. The molecule has 2 fully saturated rings. The van der Waals surface area contributed by atoms with Crippen molar-refractivity contribution in [3.8, 4) is 11.3 Å². The van der Waals surface area contributed by atoms with Crippen molar-refractivity contribution in [2.75, 3.05) is 41.4 Å². The largest absolute Gasteiger partial charge is 0.455 e. The number of halogens is 1. The van der Waals surface area contributed by atoms with Gasteiger partial charge in [-0.05, 0) is 62.8 Å². The Morgan fingerprint density at radius 1 is 0.788 bits per heavy atom. The van der Waals surface area contributed by atoms with Crippen LogP contribution in [0.1, 0.15) is 44.3 Å². The maximum absolute atomic E-state index is 5.91. The van der Waals surface area contributed by atoms with Gasteiger partial charge in [0.15, 0.2) is 0 Å². The maximum Gasteiger partial charge on any atom is 0.250 e. The molecule has 172 valence electrons. The molecule has 0 unspecified atom stereocenters. The molecule has 4 heterocycles. The highest BCUT2D eigenvalue weighted by Crippen LogP contribution is 2.24. The Kier molecular flexibility index (Phi) is 6.85. The van der Waals surface area contributed by atoms with Crippen molar-refractivity contribution < 1.29 is 4.42 Å². The minimum Gasteiger partial charge on any atom is -0.455 e. The fraction of sp³-hybridized carbons (Fsp3) is 0.417. The van der Waals surface area contributed by atoms with Crippen molar-refractivity contribution in [2.45, 2.75) is 38.5 Å². The maximum atomic E-state index is 5.91. The third-order valence-electron chi connectivity index (χ3n) is 6.00. The van der Waals surface area contributed by atoms with Crippen LogP contribution in [0.2, 0.25) is 0 Å². The summed E-state index contributed by atoms with van der Waals surface area (Å²) in [5, 5.41) is 4.34. The second-order valence-corrected chi connectivity index (χ2v) is 9.35. The summed E-state index contributed by atoms with van der Waals surface area (Å²) in [6, 6.07) is 11.8. The van der Waals surface area contributed by atoms with Crippen molar-refractivity contribution in [1.29, 1.82) is 0 Å². The lowest BCUT2D eigenvalue weighted by atomic mass is 10.1. The summed E-state index contributed by atoms with van der Waals surface area (Å²) in [6.07, 6.45) is 8.86. The van der Waals surface area contributed by atoms with E-state index in [-0.39, 0.29) is 0 Å². The molecule has 1 aromatic carbocycles. The molecule has 9 heteroatoms. The van der Waals surface area contributed by atoms with E-state index in [0.29, 0.717) is 11.7 Å². The van der Waals surface area contributed by atoms with Crippen molar-refractivity contribution >= 4 is 40.0 Å². The van der Waals surface area contributed by atoms with Crippen LogP contribution < -0.4 is 15.2 Å². The molecule has 1 N–H and O–H groups in total. The molecule has 0 bridgehead atoms. The standard InChI is InChI=1S/C24H28BrN7O/c25-19-9-7-18(8-10-19)21-12-11-20(33-21)17-26-30-22-27-23(31-13-3-1-4-14-31)29-24(28-22)32-15-5-2-6-16-32/h7-12,17H,1-6,13-16H2,(H,27,28,29,30). The van der Waals surface area contributed by atoms with Gasteiger partial charge in [-0.3, -0.25) is 0 Å². The number of nitrogens with zero attached hydrogens (tertiary/aromatic N) is 6. The van der Waals surface area contributed by atoms with Gasteiger partial charge in [0.25, 0.3) is 0 Å². The van der Waals surface area contributed by atoms with Crippen LogP contribution >= 0.6 is 15.9 Å². The van der Waals surface area contributed by atoms with Gasteiger partial charge in [0, 0.05) is 36.2 Å². The summed E-state index contributed by atoms with van der Waals surface area (Å²) in [7, 11) is 0. The van der Waals surface area contributed by atoms with E-state index in [1.807, 2.05) is 36.4 Å². The van der Waals surface area contributed by atoms with Crippen LogP contribution in [-0.2, 0) is 0 Å². The van der Waals surface area contributed by atoms with E-state index in [1.165, 1.54) is 38.5 Å². The molecule has 2 saturated heterocycles. The van der Waals surface area contributed by atoms with Crippen LogP contribution in [0.15, 0.2) is 50.4 Å². The zero-order valence-corrected chi connectivity index (χ0v) is 20.2.